The monoisotopic (exact) mass is 391 g/mol. The number of carbonyl (C=O) groups is 2. The van der Waals surface area contributed by atoms with E-state index in [2.05, 4.69) is 16.0 Å². The van der Waals surface area contributed by atoms with Crippen LogP contribution in [0, 0.1) is 5.92 Å². The Morgan fingerprint density at radius 1 is 0.923 bits per heavy atom. The number of carbonyl (C=O) groups excluding carboxylic acids is 2. The summed E-state index contributed by atoms with van der Waals surface area (Å²) in [5.41, 5.74) is 2.07. The maximum atomic E-state index is 12.3. The van der Waals surface area contributed by atoms with Crippen LogP contribution in [0.5, 0.6) is 0 Å². The molecule has 1 aliphatic carbocycles. The van der Waals surface area contributed by atoms with Crippen molar-refractivity contribution in [2.24, 2.45) is 5.92 Å². The van der Waals surface area contributed by atoms with Gasteiger partial charge in [-0.25, -0.2) is 0 Å². The number of rotatable bonds is 6. The fraction of sp³-hybridized carbons (Fsp3) is 0.263. The van der Waals surface area contributed by atoms with Crippen LogP contribution in [0.15, 0.2) is 42.5 Å². The Bertz CT molecular complexity index is 800. The Balaban J connectivity index is 1.55. The molecule has 0 radical (unpaired) electrons. The highest BCUT2D eigenvalue weighted by Crippen LogP contribution is 2.30. The van der Waals surface area contributed by atoms with Crippen LogP contribution in [0.1, 0.15) is 19.8 Å². The van der Waals surface area contributed by atoms with Gasteiger partial charge >= 0.3 is 0 Å². The van der Waals surface area contributed by atoms with Crippen molar-refractivity contribution in [1.82, 2.24) is 0 Å². The van der Waals surface area contributed by atoms with Crippen LogP contribution in [0.4, 0.5) is 17.1 Å². The van der Waals surface area contributed by atoms with E-state index in [9.17, 15) is 9.59 Å². The number of benzene rings is 2. The summed E-state index contributed by atoms with van der Waals surface area (Å²) in [4.78, 5) is 24.1. The van der Waals surface area contributed by atoms with E-state index in [1.807, 2.05) is 24.3 Å². The molecule has 0 saturated heterocycles. The standard InChI is InChI=1S/C19H19Cl2N3O2/c1-11(18(25)24-17-9-13(20)8-14(21)10-17)22-15-4-6-16(7-5-15)23-19(26)12-2-3-12/h4-12,22H,2-3H2,1H3,(H,23,26)(H,24,25). The van der Waals surface area contributed by atoms with E-state index in [4.69, 9.17) is 23.2 Å². The molecule has 0 aliphatic heterocycles. The Labute approximate surface area is 162 Å². The van der Waals surface area contributed by atoms with Crippen molar-refractivity contribution in [3.05, 3.63) is 52.5 Å². The molecule has 3 N–H and O–H groups in total. The van der Waals surface area contributed by atoms with Gasteiger partial charge in [0, 0.05) is 33.0 Å². The Kier molecular flexibility index (Phi) is 5.69. The molecule has 1 saturated carbocycles. The number of anilines is 3. The fourth-order valence-corrected chi connectivity index (χ4v) is 2.96. The zero-order chi connectivity index (χ0) is 18.7. The quantitative estimate of drug-likeness (QED) is 0.663. The molecular formula is C19H19Cl2N3O2. The van der Waals surface area contributed by atoms with E-state index in [0.29, 0.717) is 15.7 Å². The molecule has 3 rings (SSSR count). The first kappa shape index (κ1) is 18.5. The van der Waals surface area contributed by atoms with E-state index >= 15 is 0 Å². The summed E-state index contributed by atoms with van der Waals surface area (Å²) in [6.07, 6.45) is 1.94. The molecule has 0 spiro atoms. The van der Waals surface area contributed by atoms with Crippen LogP contribution in [0.2, 0.25) is 10.0 Å². The van der Waals surface area contributed by atoms with E-state index in [1.165, 1.54) is 0 Å². The molecule has 2 aromatic carbocycles. The molecule has 136 valence electrons. The fourth-order valence-electron chi connectivity index (χ4n) is 2.43. The molecule has 1 unspecified atom stereocenters. The summed E-state index contributed by atoms with van der Waals surface area (Å²) in [6.45, 7) is 1.75. The van der Waals surface area contributed by atoms with E-state index < -0.39 is 6.04 Å². The van der Waals surface area contributed by atoms with Crippen LogP contribution in [0.3, 0.4) is 0 Å². The highest BCUT2D eigenvalue weighted by molar-refractivity contribution is 6.35. The minimum atomic E-state index is -0.473. The number of hydrogen-bond donors (Lipinski definition) is 3. The zero-order valence-corrected chi connectivity index (χ0v) is 15.7. The molecule has 26 heavy (non-hydrogen) atoms. The second-order valence-electron chi connectivity index (χ2n) is 6.35. The Morgan fingerprint density at radius 2 is 1.50 bits per heavy atom. The first-order valence-corrected chi connectivity index (χ1v) is 9.11. The predicted molar refractivity (Wildman–Crippen MR) is 106 cm³/mol. The normalized spacial score (nSPS) is 14.4. The summed E-state index contributed by atoms with van der Waals surface area (Å²) < 4.78 is 0. The van der Waals surface area contributed by atoms with Crippen LogP contribution in [-0.2, 0) is 9.59 Å². The average molecular weight is 392 g/mol. The smallest absolute Gasteiger partial charge is 0.246 e. The van der Waals surface area contributed by atoms with Gasteiger partial charge in [0.2, 0.25) is 11.8 Å². The third-order valence-electron chi connectivity index (χ3n) is 4.01. The topological polar surface area (TPSA) is 70.2 Å². The molecule has 1 atom stereocenters. The predicted octanol–water partition coefficient (Wildman–Crippen LogP) is 4.78. The lowest BCUT2D eigenvalue weighted by atomic mass is 10.2. The van der Waals surface area contributed by atoms with Crippen molar-refractivity contribution in [3.63, 3.8) is 0 Å². The van der Waals surface area contributed by atoms with Gasteiger partial charge in [0.15, 0.2) is 0 Å². The van der Waals surface area contributed by atoms with Crippen LogP contribution >= 0.6 is 23.2 Å². The molecule has 1 fully saturated rings. The molecule has 2 aromatic rings. The minimum absolute atomic E-state index is 0.0682. The summed E-state index contributed by atoms with van der Waals surface area (Å²) in [5, 5.41) is 9.68. The highest BCUT2D eigenvalue weighted by atomic mass is 35.5. The third kappa shape index (κ3) is 5.13. The van der Waals surface area contributed by atoms with Crippen LogP contribution < -0.4 is 16.0 Å². The van der Waals surface area contributed by atoms with E-state index in [0.717, 1.165) is 24.2 Å². The van der Waals surface area contributed by atoms with Crippen molar-refractivity contribution in [3.8, 4) is 0 Å². The highest BCUT2D eigenvalue weighted by Gasteiger charge is 2.29. The molecule has 1 aliphatic rings. The van der Waals surface area contributed by atoms with Gasteiger partial charge in [-0.3, -0.25) is 9.59 Å². The Hall–Kier alpha value is -2.24. The van der Waals surface area contributed by atoms with Crippen molar-refractivity contribution in [2.75, 3.05) is 16.0 Å². The largest absolute Gasteiger partial charge is 0.374 e. The van der Waals surface area contributed by atoms with Gasteiger partial charge < -0.3 is 16.0 Å². The number of hydrogen-bond acceptors (Lipinski definition) is 3. The summed E-state index contributed by atoms with van der Waals surface area (Å²) in [6, 6.07) is 11.7. The van der Waals surface area contributed by atoms with Crippen molar-refractivity contribution in [2.45, 2.75) is 25.8 Å². The van der Waals surface area contributed by atoms with E-state index in [-0.39, 0.29) is 17.7 Å². The number of amides is 2. The molecule has 0 bridgehead atoms. The molecule has 5 nitrogen and oxygen atoms in total. The third-order valence-corrected chi connectivity index (χ3v) is 4.44. The summed E-state index contributed by atoms with van der Waals surface area (Å²) in [5.74, 6) is 0.0181. The zero-order valence-electron chi connectivity index (χ0n) is 14.2. The number of halogens is 2. The molecule has 2 amide bonds. The first-order valence-electron chi connectivity index (χ1n) is 8.35. The SMILES string of the molecule is CC(Nc1ccc(NC(=O)C2CC2)cc1)C(=O)Nc1cc(Cl)cc(Cl)c1. The summed E-state index contributed by atoms with van der Waals surface area (Å²) >= 11 is 11.9. The second kappa shape index (κ2) is 7.98. The average Bonchev–Trinajstić information content (AvgIpc) is 3.40. The van der Waals surface area contributed by atoms with Crippen molar-refractivity contribution >= 4 is 52.1 Å². The van der Waals surface area contributed by atoms with Gasteiger partial charge in [-0.2, -0.15) is 0 Å². The molecule has 7 heteroatoms. The van der Waals surface area contributed by atoms with Crippen molar-refractivity contribution in [1.29, 1.82) is 0 Å². The van der Waals surface area contributed by atoms with E-state index in [1.54, 1.807) is 25.1 Å². The minimum Gasteiger partial charge on any atom is -0.374 e. The lowest BCUT2D eigenvalue weighted by Crippen LogP contribution is -2.31. The van der Waals surface area contributed by atoms with Crippen LogP contribution in [-0.4, -0.2) is 17.9 Å². The lowest BCUT2D eigenvalue weighted by molar-refractivity contribution is -0.117. The maximum Gasteiger partial charge on any atom is 0.246 e. The maximum absolute atomic E-state index is 12.3. The van der Waals surface area contributed by atoms with Crippen LogP contribution in [0.25, 0.3) is 0 Å². The van der Waals surface area contributed by atoms with Gasteiger partial charge in [-0.05, 0) is 62.2 Å². The van der Waals surface area contributed by atoms with Crippen molar-refractivity contribution < 1.29 is 9.59 Å². The second-order valence-corrected chi connectivity index (χ2v) is 7.23. The molecular weight excluding hydrogens is 373 g/mol. The van der Waals surface area contributed by atoms with Gasteiger partial charge in [-0.1, -0.05) is 23.2 Å². The molecule has 0 heterocycles. The van der Waals surface area contributed by atoms with Gasteiger partial charge in [0.05, 0.1) is 0 Å². The number of nitrogens with one attached hydrogen (secondary N) is 3. The first-order chi connectivity index (χ1) is 12.4. The molecule has 0 aromatic heterocycles. The van der Waals surface area contributed by atoms with Gasteiger partial charge in [0.1, 0.15) is 6.04 Å². The van der Waals surface area contributed by atoms with Gasteiger partial charge in [-0.15, -0.1) is 0 Å². The summed E-state index contributed by atoms with van der Waals surface area (Å²) in [7, 11) is 0. The Morgan fingerprint density at radius 3 is 2.08 bits per heavy atom. The lowest BCUT2D eigenvalue weighted by Gasteiger charge is -2.16. The van der Waals surface area contributed by atoms with Gasteiger partial charge in [0.25, 0.3) is 0 Å².